The van der Waals surface area contributed by atoms with Crippen molar-refractivity contribution in [3.05, 3.63) is 29.7 Å². The van der Waals surface area contributed by atoms with Crippen LogP contribution in [0.15, 0.2) is 18.6 Å². The Balaban J connectivity index is 2.33. The Morgan fingerprint density at radius 3 is 2.86 bits per heavy atom. The first-order chi connectivity index (χ1) is 6.68. The molecule has 2 aromatic heterocycles. The first-order valence-electron chi connectivity index (χ1n) is 4.14. The van der Waals surface area contributed by atoms with E-state index in [0.717, 1.165) is 0 Å². The van der Waals surface area contributed by atoms with Crippen molar-refractivity contribution in [3.8, 4) is 0 Å². The van der Waals surface area contributed by atoms with E-state index >= 15 is 0 Å². The van der Waals surface area contributed by atoms with Crippen LogP contribution in [0, 0.1) is 0 Å². The molecule has 2 aromatic rings. The minimum absolute atomic E-state index is 0.376. The smallest absolute Gasteiger partial charge is 0.125 e. The summed E-state index contributed by atoms with van der Waals surface area (Å²) in [6, 6.07) is 0. The van der Waals surface area contributed by atoms with E-state index in [2.05, 4.69) is 15.3 Å². The van der Waals surface area contributed by atoms with E-state index in [0.29, 0.717) is 16.9 Å². The van der Waals surface area contributed by atoms with Crippen LogP contribution < -0.4 is 5.73 Å². The first kappa shape index (κ1) is 8.76. The average Bonchev–Trinajstić information content (AvgIpc) is 2.73. The lowest BCUT2D eigenvalue weighted by Gasteiger charge is -2.05. The summed E-state index contributed by atoms with van der Waals surface area (Å²) in [5.74, 6) is 0.376. The van der Waals surface area contributed by atoms with Gasteiger partial charge in [0.15, 0.2) is 0 Å². The predicted octanol–water partition coefficient (Wildman–Crippen LogP) is -0.193. The van der Waals surface area contributed by atoms with Gasteiger partial charge in [-0.2, -0.15) is 10.2 Å². The van der Waals surface area contributed by atoms with Gasteiger partial charge in [-0.25, -0.2) is 0 Å². The van der Waals surface area contributed by atoms with Crippen molar-refractivity contribution >= 4 is 5.82 Å². The number of aliphatic hydroxyl groups excluding tert-OH is 1. The first-order valence-corrected chi connectivity index (χ1v) is 4.14. The van der Waals surface area contributed by atoms with Crippen molar-refractivity contribution in [3.63, 3.8) is 0 Å². The summed E-state index contributed by atoms with van der Waals surface area (Å²) in [7, 11) is 1.79. The molecule has 0 radical (unpaired) electrons. The third kappa shape index (κ3) is 1.35. The molecule has 6 nitrogen and oxygen atoms in total. The van der Waals surface area contributed by atoms with E-state index in [1.54, 1.807) is 24.1 Å². The molecule has 0 aromatic carbocycles. The van der Waals surface area contributed by atoms with E-state index in [4.69, 9.17) is 5.73 Å². The number of aliphatic hydroxyl groups is 1. The number of anilines is 1. The lowest BCUT2D eigenvalue weighted by atomic mass is 10.1. The fraction of sp³-hybridized carbons (Fsp3) is 0.250. The summed E-state index contributed by atoms with van der Waals surface area (Å²) >= 11 is 0. The van der Waals surface area contributed by atoms with Crippen molar-refractivity contribution < 1.29 is 5.11 Å². The second kappa shape index (κ2) is 3.15. The molecule has 0 amide bonds. The van der Waals surface area contributed by atoms with Gasteiger partial charge in [-0.05, 0) is 0 Å². The van der Waals surface area contributed by atoms with E-state index in [9.17, 15) is 5.11 Å². The molecule has 0 aliphatic rings. The maximum Gasteiger partial charge on any atom is 0.125 e. The molecule has 6 heteroatoms. The number of aromatic amines is 1. The highest BCUT2D eigenvalue weighted by atomic mass is 16.3. The molecule has 14 heavy (non-hydrogen) atoms. The quantitative estimate of drug-likeness (QED) is 0.616. The van der Waals surface area contributed by atoms with Crippen LogP contribution in [0.25, 0.3) is 0 Å². The highest BCUT2D eigenvalue weighted by Crippen LogP contribution is 2.23. The molecule has 2 heterocycles. The summed E-state index contributed by atoms with van der Waals surface area (Å²) < 4.78 is 1.62. The minimum atomic E-state index is -0.776. The number of nitrogens with one attached hydrogen (secondary N) is 1. The van der Waals surface area contributed by atoms with Crippen molar-refractivity contribution in [2.24, 2.45) is 7.05 Å². The fourth-order valence-corrected chi connectivity index (χ4v) is 1.28. The number of aromatic nitrogens is 4. The minimum Gasteiger partial charge on any atom is -0.384 e. The maximum atomic E-state index is 9.88. The second-order valence-corrected chi connectivity index (χ2v) is 3.09. The molecular formula is C8H11N5O. The predicted molar refractivity (Wildman–Crippen MR) is 50.3 cm³/mol. The average molecular weight is 193 g/mol. The molecular weight excluding hydrogens is 182 g/mol. The molecule has 0 saturated heterocycles. The topological polar surface area (TPSA) is 92.8 Å². The summed E-state index contributed by atoms with van der Waals surface area (Å²) in [4.78, 5) is 0. The standard InChI is InChI=1S/C8H11N5O/c1-13-4-5(2-11-13)7(14)6-3-10-12-8(6)9/h2-4,7,14H,1H3,(H3,9,10,12). The zero-order chi connectivity index (χ0) is 10.1. The van der Waals surface area contributed by atoms with Crippen LogP contribution in [0.2, 0.25) is 0 Å². The van der Waals surface area contributed by atoms with Gasteiger partial charge in [0.25, 0.3) is 0 Å². The van der Waals surface area contributed by atoms with Crippen LogP contribution >= 0.6 is 0 Å². The number of nitrogens with zero attached hydrogens (tertiary/aromatic N) is 3. The van der Waals surface area contributed by atoms with Gasteiger partial charge in [-0.1, -0.05) is 0 Å². The second-order valence-electron chi connectivity index (χ2n) is 3.09. The van der Waals surface area contributed by atoms with E-state index in [1.807, 2.05) is 0 Å². The molecule has 0 aliphatic heterocycles. The molecule has 0 saturated carbocycles. The normalized spacial score (nSPS) is 13.0. The maximum absolute atomic E-state index is 9.88. The Bertz CT molecular complexity index is 432. The summed E-state index contributed by atoms with van der Waals surface area (Å²) in [6.07, 6.45) is 4.06. The number of hydrogen-bond acceptors (Lipinski definition) is 4. The zero-order valence-electron chi connectivity index (χ0n) is 7.68. The van der Waals surface area contributed by atoms with Gasteiger partial charge in [0, 0.05) is 24.4 Å². The molecule has 0 fully saturated rings. The van der Waals surface area contributed by atoms with Crippen LogP contribution in [-0.2, 0) is 7.05 Å². The highest BCUT2D eigenvalue weighted by Gasteiger charge is 2.16. The number of nitrogens with two attached hydrogens (primary N) is 1. The Morgan fingerprint density at radius 1 is 1.57 bits per heavy atom. The molecule has 0 spiro atoms. The van der Waals surface area contributed by atoms with Crippen LogP contribution in [-0.4, -0.2) is 25.1 Å². The lowest BCUT2D eigenvalue weighted by molar-refractivity contribution is 0.221. The van der Waals surface area contributed by atoms with Gasteiger partial charge in [0.05, 0.1) is 12.4 Å². The SMILES string of the molecule is Cn1cc(C(O)c2cn[nH]c2N)cn1. The molecule has 4 N–H and O–H groups in total. The number of nitrogen functional groups attached to an aromatic ring is 1. The largest absolute Gasteiger partial charge is 0.384 e. The van der Waals surface area contributed by atoms with Crippen molar-refractivity contribution in [1.82, 2.24) is 20.0 Å². The summed E-state index contributed by atoms with van der Waals surface area (Å²) in [5, 5.41) is 20.1. The van der Waals surface area contributed by atoms with E-state index in [1.165, 1.54) is 6.20 Å². The van der Waals surface area contributed by atoms with Crippen LogP contribution in [0.5, 0.6) is 0 Å². The highest BCUT2D eigenvalue weighted by molar-refractivity contribution is 5.42. The Labute approximate surface area is 80.4 Å². The number of H-pyrrole nitrogens is 1. The number of rotatable bonds is 2. The Hall–Kier alpha value is -1.82. The van der Waals surface area contributed by atoms with Gasteiger partial charge >= 0.3 is 0 Å². The molecule has 2 rings (SSSR count). The van der Waals surface area contributed by atoms with Crippen LogP contribution in [0.3, 0.4) is 0 Å². The number of aryl methyl sites for hydroxylation is 1. The fourth-order valence-electron chi connectivity index (χ4n) is 1.28. The van der Waals surface area contributed by atoms with Gasteiger partial charge in [-0.3, -0.25) is 9.78 Å². The van der Waals surface area contributed by atoms with Crippen molar-refractivity contribution in [2.75, 3.05) is 5.73 Å². The zero-order valence-corrected chi connectivity index (χ0v) is 7.68. The summed E-state index contributed by atoms with van der Waals surface area (Å²) in [6.45, 7) is 0. The molecule has 74 valence electrons. The van der Waals surface area contributed by atoms with Gasteiger partial charge < -0.3 is 10.8 Å². The molecule has 1 unspecified atom stereocenters. The Kier molecular flexibility index (Phi) is 1.97. The van der Waals surface area contributed by atoms with Crippen LogP contribution in [0.1, 0.15) is 17.2 Å². The molecule has 0 bridgehead atoms. The van der Waals surface area contributed by atoms with Gasteiger partial charge in [0.1, 0.15) is 11.9 Å². The van der Waals surface area contributed by atoms with Gasteiger partial charge in [0.2, 0.25) is 0 Å². The molecule has 1 atom stereocenters. The van der Waals surface area contributed by atoms with Gasteiger partial charge in [-0.15, -0.1) is 0 Å². The monoisotopic (exact) mass is 193 g/mol. The third-order valence-electron chi connectivity index (χ3n) is 2.03. The van der Waals surface area contributed by atoms with Crippen molar-refractivity contribution in [1.29, 1.82) is 0 Å². The lowest BCUT2D eigenvalue weighted by Crippen LogP contribution is -2.00. The summed E-state index contributed by atoms with van der Waals surface area (Å²) in [5.41, 5.74) is 6.84. The van der Waals surface area contributed by atoms with Crippen molar-refractivity contribution in [2.45, 2.75) is 6.10 Å². The number of hydrogen-bond donors (Lipinski definition) is 3. The van der Waals surface area contributed by atoms with E-state index < -0.39 is 6.10 Å². The molecule has 0 aliphatic carbocycles. The third-order valence-corrected chi connectivity index (χ3v) is 2.03. The Morgan fingerprint density at radius 2 is 2.36 bits per heavy atom. The van der Waals surface area contributed by atoms with E-state index in [-0.39, 0.29) is 0 Å². The van der Waals surface area contributed by atoms with Crippen LogP contribution in [0.4, 0.5) is 5.82 Å².